The highest BCUT2D eigenvalue weighted by Crippen LogP contribution is 2.44. The van der Waals surface area contributed by atoms with Gasteiger partial charge in [-0.05, 0) is 44.7 Å². The zero-order valence-electron chi connectivity index (χ0n) is 20.2. The number of esters is 1. The monoisotopic (exact) mass is 493 g/mol. The minimum atomic E-state index is -0.477. The first kappa shape index (κ1) is 24.7. The predicted octanol–water partition coefficient (Wildman–Crippen LogP) is 5.37. The van der Waals surface area contributed by atoms with Crippen LogP contribution < -0.4 is 5.32 Å². The first-order valence-corrected chi connectivity index (χ1v) is 12.3. The molecular formula is C27H28FN3O3S. The Morgan fingerprint density at radius 3 is 2.54 bits per heavy atom. The first-order chi connectivity index (χ1) is 16.7. The van der Waals surface area contributed by atoms with Gasteiger partial charge in [0.2, 0.25) is 5.91 Å². The van der Waals surface area contributed by atoms with E-state index >= 15 is 0 Å². The van der Waals surface area contributed by atoms with Gasteiger partial charge in [0, 0.05) is 17.8 Å². The second-order valence-corrected chi connectivity index (χ2v) is 9.64. The molecule has 4 rings (SSSR count). The summed E-state index contributed by atoms with van der Waals surface area (Å²) in [7, 11) is 0. The summed E-state index contributed by atoms with van der Waals surface area (Å²) in [6.07, 6.45) is -0.215. The van der Waals surface area contributed by atoms with Gasteiger partial charge in [-0.2, -0.15) is 0 Å². The standard InChI is InChI=1S/C27H28FN3O3S/c1-16(2)34-26(33)24-18(4)30-27-31(25(24)19-11-9-17(3)10-12-19)21(15-35-27)13-23(32)29-14-20-7-5-6-8-22(20)28/h5-12,15-16,25H,13-14H2,1-4H3,(H,29,32)/t25-/m1/s1. The number of hydrogen-bond donors (Lipinski definition) is 1. The number of aryl methyl sites for hydroxylation is 1. The predicted molar refractivity (Wildman–Crippen MR) is 136 cm³/mol. The molecule has 1 atom stereocenters. The molecule has 1 N–H and O–H groups in total. The quantitative estimate of drug-likeness (QED) is 0.526. The fraction of sp³-hybridized carbons (Fsp3) is 0.296. The fourth-order valence-corrected chi connectivity index (χ4v) is 5.00. The number of ether oxygens (including phenoxy) is 1. The molecule has 2 heterocycles. The molecule has 0 fully saturated rings. The number of carbonyl (C=O) groups excluding carboxylic acids is 2. The Kier molecular flexibility index (Phi) is 7.40. The van der Waals surface area contributed by atoms with Crippen molar-refractivity contribution >= 4 is 28.8 Å². The molecule has 0 spiro atoms. The second kappa shape index (κ2) is 10.5. The molecule has 0 saturated heterocycles. The summed E-state index contributed by atoms with van der Waals surface area (Å²) in [6.45, 7) is 7.52. The van der Waals surface area contributed by atoms with Gasteiger partial charge in [-0.1, -0.05) is 59.8 Å². The van der Waals surface area contributed by atoms with Crippen LogP contribution >= 0.6 is 11.8 Å². The number of fused-ring (bicyclic) bond motifs is 1. The van der Waals surface area contributed by atoms with Crippen LogP contribution in [0.25, 0.3) is 0 Å². The third kappa shape index (κ3) is 5.48. The zero-order chi connectivity index (χ0) is 25.1. The largest absolute Gasteiger partial charge is 0.459 e. The van der Waals surface area contributed by atoms with Gasteiger partial charge in [-0.15, -0.1) is 0 Å². The SMILES string of the molecule is CC1=C(C(=O)OC(C)C)[C@@H](c2ccc(C)cc2)N2C(CC(=O)NCc3ccccc3F)=CSC2=N1. The van der Waals surface area contributed by atoms with Crippen LogP contribution in [0.1, 0.15) is 49.9 Å². The van der Waals surface area contributed by atoms with Gasteiger partial charge in [0.1, 0.15) is 5.82 Å². The van der Waals surface area contributed by atoms with Crippen molar-refractivity contribution in [3.63, 3.8) is 0 Å². The Hall–Kier alpha value is -3.39. The molecule has 0 unspecified atom stereocenters. The topological polar surface area (TPSA) is 71.0 Å². The number of amidine groups is 1. The van der Waals surface area contributed by atoms with E-state index in [1.165, 1.54) is 17.8 Å². The lowest BCUT2D eigenvalue weighted by Crippen LogP contribution is -2.38. The summed E-state index contributed by atoms with van der Waals surface area (Å²) in [5.41, 5.74) is 4.19. The van der Waals surface area contributed by atoms with Crippen LogP contribution in [0.2, 0.25) is 0 Å². The number of nitrogens with zero attached hydrogens (tertiary/aromatic N) is 2. The van der Waals surface area contributed by atoms with Crippen LogP contribution in [0.3, 0.4) is 0 Å². The minimum absolute atomic E-state index is 0.0639. The number of allylic oxidation sites excluding steroid dienone is 1. The highest BCUT2D eigenvalue weighted by atomic mass is 32.2. The average Bonchev–Trinajstić information content (AvgIpc) is 3.19. The molecule has 2 aromatic carbocycles. The van der Waals surface area contributed by atoms with Crippen molar-refractivity contribution in [2.24, 2.45) is 4.99 Å². The van der Waals surface area contributed by atoms with Gasteiger partial charge >= 0.3 is 5.97 Å². The number of benzene rings is 2. The molecule has 0 aromatic heterocycles. The number of amides is 1. The van der Waals surface area contributed by atoms with Crippen LogP contribution in [-0.2, 0) is 20.9 Å². The lowest BCUT2D eigenvalue weighted by Gasteiger charge is -2.36. The maximum Gasteiger partial charge on any atom is 0.338 e. The molecule has 182 valence electrons. The lowest BCUT2D eigenvalue weighted by molar-refractivity contribution is -0.143. The maximum absolute atomic E-state index is 13.9. The van der Waals surface area contributed by atoms with Crippen molar-refractivity contribution < 1.29 is 18.7 Å². The number of carbonyl (C=O) groups is 2. The van der Waals surface area contributed by atoms with Crippen LogP contribution in [0, 0.1) is 12.7 Å². The van der Waals surface area contributed by atoms with Gasteiger partial charge in [0.15, 0.2) is 5.17 Å². The molecule has 8 heteroatoms. The van der Waals surface area contributed by atoms with Crippen LogP contribution in [0.15, 0.2) is 75.9 Å². The van der Waals surface area contributed by atoms with E-state index in [1.54, 1.807) is 18.2 Å². The molecule has 0 radical (unpaired) electrons. The molecule has 6 nitrogen and oxygen atoms in total. The Bertz CT molecular complexity index is 1230. The Labute approximate surface area is 209 Å². The summed E-state index contributed by atoms with van der Waals surface area (Å²) in [5.74, 6) is -1.03. The summed E-state index contributed by atoms with van der Waals surface area (Å²) in [5, 5.41) is 5.38. The van der Waals surface area contributed by atoms with Crippen molar-refractivity contribution in [3.05, 3.63) is 93.4 Å². The summed E-state index contributed by atoms with van der Waals surface area (Å²) >= 11 is 1.41. The highest BCUT2D eigenvalue weighted by Gasteiger charge is 2.41. The van der Waals surface area contributed by atoms with Crippen molar-refractivity contribution in [2.45, 2.75) is 52.8 Å². The lowest BCUT2D eigenvalue weighted by atomic mass is 9.93. The molecule has 2 aliphatic rings. The fourth-order valence-electron chi connectivity index (χ4n) is 4.04. The molecule has 35 heavy (non-hydrogen) atoms. The van der Waals surface area contributed by atoms with Crippen molar-refractivity contribution in [3.8, 4) is 0 Å². The van der Waals surface area contributed by atoms with Gasteiger partial charge < -0.3 is 15.0 Å². The summed E-state index contributed by atoms with van der Waals surface area (Å²) in [6, 6.07) is 13.8. The number of nitrogens with one attached hydrogen (secondary N) is 1. The molecule has 0 aliphatic carbocycles. The number of rotatable bonds is 7. The van der Waals surface area contributed by atoms with Gasteiger partial charge in [-0.3, -0.25) is 4.79 Å². The Balaban J connectivity index is 1.61. The molecule has 2 aliphatic heterocycles. The van der Waals surface area contributed by atoms with E-state index in [-0.39, 0.29) is 30.8 Å². The number of thioether (sulfide) groups is 1. The number of hydrogen-bond acceptors (Lipinski definition) is 6. The van der Waals surface area contributed by atoms with E-state index in [2.05, 4.69) is 10.3 Å². The minimum Gasteiger partial charge on any atom is -0.459 e. The normalized spacial score (nSPS) is 17.2. The van der Waals surface area contributed by atoms with Crippen molar-refractivity contribution in [1.82, 2.24) is 10.2 Å². The Morgan fingerprint density at radius 1 is 1.14 bits per heavy atom. The van der Waals surface area contributed by atoms with Crippen molar-refractivity contribution in [2.75, 3.05) is 0 Å². The summed E-state index contributed by atoms with van der Waals surface area (Å²) in [4.78, 5) is 32.6. The average molecular weight is 494 g/mol. The zero-order valence-corrected chi connectivity index (χ0v) is 21.0. The van der Waals surface area contributed by atoms with Crippen molar-refractivity contribution in [1.29, 1.82) is 0 Å². The molecule has 0 saturated carbocycles. The van der Waals surface area contributed by atoms with E-state index in [9.17, 15) is 14.0 Å². The van der Waals surface area contributed by atoms with Gasteiger partial charge in [0.25, 0.3) is 0 Å². The molecule has 2 aromatic rings. The van der Waals surface area contributed by atoms with Gasteiger partial charge in [-0.25, -0.2) is 14.2 Å². The molecule has 1 amide bonds. The van der Waals surface area contributed by atoms with E-state index in [0.717, 1.165) is 11.1 Å². The maximum atomic E-state index is 13.9. The van der Waals surface area contributed by atoms with E-state index in [1.807, 2.05) is 62.3 Å². The van der Waals surface area contributed by atoms with Crippen LogP contribution in [0.4, 0.5) is 4.39 Å². The Morgan fingerprint density at radius 2 is 1.86 bits per heavy atom. The third-order valence-corrected chi connectivity index (χ3v) is 6.62. The highest BCUT2D eigenvalue weighted by molar-refractivity contribution is 8.16. The van der Waals surface area contributed by atoms with E-state index in [4.69, 9.17) is 4.74 Å². The van der Waals surface area contributed by atoms with Crippen LogP contribution in [0.5, 0.6) is 0 Å². The molecular weight excluding hydrogens is 465 g/mol. The smallest absolute Gasteiger partial charge is 0.338 e. The van der Waals surface area contributed by atoms with E-state index < -0.39 is 12.0 Å². The summed E-state index contributed by atoms with van der Waals surface area (Å²) < 4.78 is 19.5. The number of aliphatic imine (C=N–C) groups is 1. The first-order valence-electron chi connectivity index (χ1n) is 11.5. The van der Waals surface area contributed by atoms with Gasteiger partial charge in [0.05, 0.1) is 29.8 Å². The van der Waals surface area contributed by atoms with Crippen LogP contribution in [-0.4, -0.2) is 28.0 Å². The molecule has 0 bridgehead atoms. The second-order valence-electron chi connectivity index (χ2n) is 8.80. The number of halogens is 1. The van der Waals surface area contributed by atoms with E-state index in [0.29, 0.717) is 27.7 Å². The third-order valence-electron chi connectivity index (χ3n) is 5.73.